The first kappa shape index (κ1) is 15.3. The minimum absolute atomic E-state index is 0.226. The zero-order chi connectivity index (χ0) is 15.0. The van der Waals surface area contributed by atoms with Crippen molar-refractivity contribution < 1.29 is 4.43 Å². The summed E-state index contributed by atoms with van der Waals surface area (Å²) in [5, 5.41) is 9.17. The summed E-state index contributed by atoms with van der Waals surface area (Å²) in [6.07, 6.45) is 2.84. The molecule has 0 spiro atoms. The van der Waals surface area contributed by atoms with Crippen molar-refractivity contribution in [2.45, 2.75) is 64.3 Å². The molecule has 0 bridgehead atoms. The second kappa shape index (κ2) is 5.35. The van der Waals surface area contributed by atoms with Crippen molar-refractivity contribution in [3.63, 3.8) is 0 Å². The van der Waals surface area contributed by atoms with E-state index in [4.69, 9.17) is 9.69 Å². The van der Waals surface area contributed by atoms with Gasteiger partial charge < -0.3 is 4.43 Å². The van der Waals surface area contributed by atoms with Crippen molar-refractivity contribution in [2.75, 3.05) is 0 Å². The van der Waals surface area contributed by atoms with Gasteiger partial charge in [0.15, 0.2) is 8.32 Å². The molecule has 1 aromatic carbocycles. The van der Waals surface area contributed by atoms with Gasteiger partial charge in [0.2, 0.25) is 0 Å². The van der Waals surface area contributed by atoms with E-state index in [1.54, 1.807) is 0 Å². The van der Waals surface area contributed by atoms with E-state index in [9.17, 15) is 0 Å². The molecule has 0 amide bonds. The number of fused-ring (bicyclic) bond motifs is 1. The van der Waals surface area contributed by atoms with Crippen LogP contribution in [0.15, 0.2) is 18.2 Å². The highest BCUT2D eigenvalue weighted by Crippen LogP contribution is 2.44. The van der Waals surface area contributed by atoms with Crippen LogP contribution in [0, 0.1) is 11.3 Å². The second-order valence-corrected chi connectivity index (χ2v) is 12.0. The molecule has 2 nitrogen and oxygen atoms in total. The molecule has 0 saturated heterocycles. The molecule has 1 unspecified atom stereocenters. The molecule has 1 atom stereocenters. The predicted octanol–water partition coefficient (Wildman–Crippen LogP) is 4.76. The molecule has 2 rings (SSSR count). The summed E-state index contributed by atoms with van der Waals surface area (Å²) in [6.45, 7) is 11.5. The molecular formula is C17H25NOSi. The fourth-order valence-electron chi connectivity index (χ4n) is 2.60. The maximum atomic E-state index is 8.94. The Balaban J connectivity index is 2.26. The topological polar surface area (TPSA) is 33.0 Å². The summed E-state index contributed by atoms with van der Waals surface area (Å²) in [6, 6.07) is 8.60. The monoisotopic (exact) mass is 287 g/mol. The highest BCUT2D eigenvalue weighted by atomic mass is 28.4. The van der Waals surface area contributed by atoms with Gasteiger partial charge in [0.1, 0.15) is 0 Å². The molecule has 1 aliphatic rings. The third-order valence-electron chi connectivity index (χ3n) is 4.83. The summed E-state index contributed by atoms with van der Waals surface area (Å²) in [4.78, 5) is 0. The van der Waals surface area contributed by atoms with Crippen LogP contribution in [0.25, 0.3) is 0 Å². The lowest BCUT2D eigenvalue weighted by Gasteiger charge is -2.38. The van der Waals surface area contributed by atoms with Crippen LogP contribution in [-0.4, -0.2) is 8.32 Å². The Kier molecular flexibility index (Phi) is 4.08. The Hall–Kier alpha value is -1.11. The van der Waals surface area contributed by atoms with Crippen molar-refractivity contribution in [3.8, 4) is 6.07 Å². The molecule has 20 heavy (non-hydrogen) atoms. The van der Waals surface area contributed by atoms with Crippen molar-refractivity contribution in [1.29, 1.82) is 5.26 Å². The lowest BCUT2D eigenvalue weighted by molar-refractivity contribution is 0.185. The van der Waals surface area contributed by atoms with E-state index in [1.165, 1.54) is 16.7 Å². The van der Waals surface area contributed by atoms with Crippen LogP contribution in [0.3, 0.4) is 0 Å². The Labute approximate surface area is 123 Å². The first-order chi connectivity index (χ1) is 9.26. The fraction of sp³-hybridized carbons (Fsp3) is 0.588. The first-order valence-corrected chi connectivity index (χ1v) is 10.3. The fourth-order valence-corrected chi connectivity index (χ4v) is 3.91. The Morgan fingerprint density at radius 2 is 2.05 bits per heavy atom. The van der Waals surface area contributed by atoms with Gasteiger partial charge in [-0.2, -0.15) is 5.26 Å². The van der Waals surface area contributed by atoms with Crippen molar-refractivity contribution >= 4 is 8.32 Å². The number of hydrogen-bond acceptors (Lipinski definition) is 2. The molecule has 0 N–H and O–H groups in total. The summed E-state index contributed by atoms with van der Waals surface area (Å²) >= 11 is 0. The normalized spacial score (nSPS) is 18.7. The van der Waals surface area contributed by atoms with Gasteiger partial charge in [-0.1, -0.05) is 39.0 Å². The van der Waals surface area contributed by atoms with Gasteiger partial charge in [0.25, 0.3) is 0 Å². The molecule has 0 radical (unpaired) electrons. The third-order valence-corrected chi connectivity index (χ3v) is 9.31. The third kappa shape index (κ3) is 2.82. The van der Waals surface area contributed by atoms with Gasteiger partial charge >= 0.3 is 0 Å². The number of hydrogen-bond donors (Lipinski definition) is 0. The number of rotatable bonds is 3. The average Bonchev–Trinajstić information content (AvgIpc) is 2.72. The molecule has 0 saturated carbocycles. The van der Waals surface area contributed by atoms with Crippen LogP contribution in [-0.2, 0) is 17.3 Å². The highest BCUT2D eigenvalue weighted by molar-refractivity contribution is 6.74. The minimum Gasteiger partial charge on any atom is -0.410 e. The van der Waals surface area contributed by atoms with Gasteiger partial charge in [0.05, 0.1) is 18.6 Å². The van der Waals surface area contributed by atoms with Crippen LogP contribution in [0.1, 0.15) is 50.0 Å². The summed E-state index contributed by atoms with van der Waals surface area (Å²) in [5.41, 5.74) is 3.87. The predicted molar refractivity (Wildman–Crippen MR) is 85.1 cm³/mol. The van der Waals surface area contributed by atoms with Crippen LogP contribution in [0.2, 0.25) is 18.1 Å². The van der Waals surface area contributed by atoms with Crippen molar-refractivity contribution in [3.05, 3.63) is 34.9 Å². The summed E-state index contributed by atoms with van der Waals surface area (Å²) in [7, 11) is -1.74. The molecule has 0 fully saturated rings. The SMILES string of the molecule is CC(C)(C)[Si](C)(C)OC1CCc2c(CC#N)cccc21. The van der Waals surface area contributed by atoms with E-state index < -0.39 is 8.32 Å². The maximum Gasteiger partial charge on any atom is 0.192 e. The largest absolute Gasteiger partial charge is 0.410 e. The van der Waals surface area contributed by atoms with Crippen LogP contribution in [0.5, 0.6) is 0 Å². The number of benzene rings is 1. The molecule has 3 heteroatoms. The lowest BCUT2D eigenvalue weighted by atomic mass is 10.0. The van der Waals surface area contributed by atoms with Crippen LogP contribution in [0.4, 0.5) is 0 Å². The van der Waals surface area contributed by atoms with Gasteiger partial charge in [-0.25, -0.2) is 0 Å². The molecule has 108 valence electrons. The highest BCUT2D eigenvalue weighted by Gasteiger charge is 2.40. The van der Waals surface area contributed by atoms with Crippen LogP contribution < -0.4 is 0 Å². The summed E-state index contributed by atoms with van der Waals surface area (Å²) in [5.74, 6) is 0. The number of nitriles is 1. The average molecular weight is 287 g/mol. The Morgan fingerprint density at radius 3 is 2.65 bits per heavy atom. The zero-order valence-corrected chi connectivity index (χ0v) is 14.3. The molecule has 1 aromatic rings. The maximum absolute atomic E-state index is 8.94. The lowest BCUT2D eigenvalue weighted by Crippen LogP contribution is -2.41. The first-order valence-electron chi connectivity index (χ1n) is 7.42. The molecule has 0 heterocycles. The van der Waals surface area contributed by atoms with Gasteiger partial charge in [-0.05, 0) is 47.7 Å². The Morgan fingerprint density at radius 1 is 1.35 bits per heavy atom. The van der Waals surface area contributed by atoms with Gasteiger partial charge in [-0.15, -0.1) is 0 Å². The standard InChI is InChI=1S/C17H25NOSi/c1-17(2,3)20(4,5)19-16-10-9-14-13(11-12-18)7-6-8-15(14)16/h6-8,16H,9-11H2,1-5H3. The van der Waals surface area contributed by atoms with Gasteiger partial charge in [0, 0.05) is 0 Å². The van der Waals surface area contributed by atoms with Crippen LogP contribution >= 0.6 is 0 Å². The van der Waals surface area contributed by atoms with Crippen molar-refractivity contribution in [1.82, 2.24) is 0 Å². The molecule has 0 aliphatic heterocycles. The van der Waals surface area contributed by atoms with E-state index >= 15 is 0 Å². The van der Waals surface area contributed by atoms with E-state index in [2.05, 4.69) is 58.1 Å². The molecule has 1 aliphatic carbocycles. The van der Waals surface area contributed by atoms with Crippen molar-refractivity contribution in [2.24, 2.45) is 0 Å². The molecular weight excluding hydrogens is 262 g/mol. The smallest absolute Gasteiger partial charge is 0.192 e. The minimum atomic E-state index is -1.74. The number of nitrogens with zero attached hydrogens (tertiary/aromatic N) is 1. The van der Waals surface area contributed by atoms with E-state index in [-0.39, 0.29) is 11.1 Å². The second-order valence-electron chi connectivity index (χ2n) is 7.23. The zero-order valence-electron chi connectivity index (χ0n) is 13.3. The molecule has 0 aromatic heterocycles. The van der Waals surface area contributed by atoms with Gasteiger partial charge in [-0.3, -0.25) is 0 Å². The van der Waals surface area contributed by atoms with E-state index in [0.717, 1.165) is 12.8 Å². The Bertz CT molecular complexity index is 537. The van der Waals surface area contributed by atoms with E-state index in [0.29, 0.717) is 6.42 Å². The summed E-state index contributed by atoms with van der Waals surface area (Å²) < 4.78 is 6.58. The quantitative estimate of drug-likeness (QED) is 0.751. The van der Waals surface area contributed by atoms with E-state index in [1.807, 2.05) is 0 Å².